The summed E-state index contributed by atoms with van der Waals surface area (Å²) in [7, 11) is -4.08. The summed E-state index contributed by atoms with van der Waals surface area (Å²) in [5, 5.41) is 11.5. The molecule has 0 bridgehead atoms. The Hall–Kier alpha value is -1.42. The van der Waals surface area contributed by atoms with Gasteiger partial charge in [-0.05, 0) is 49.1 Å². The van der Waals surface area contributed by atoms with E-state index in [9.17, 15) is 13.4 Å². The van der Waals surface area contributed by atoms with E-state index in [1.165, 1.54) is 0 Å². The Kier molecular flexibility index (Phi) is 3.64. The number of aromatic nitrogens is 2. The molecule has 2 aliphatic heterocycles. The number of rotatable bonds is 2. The number of piperidine rings is 1. The molecule has 1 saturated heterocycles. The fourth-order valence-corrected chi connectivity index (χ4v) is 6.75. The highest BCUT2D eigenvalue weighted by Gasteiger charge is 2.67. The predicted octanol–water partition coefficient (Wildman–Crippen LogP) is 0.948. The first-order valence-electron chi connectivity index (χ1n) is 9.63. The van der Waals surface area contributed by atoms with Crippen molar-refractivity contribution in [2.45, 2.75) is 38.7 Å². The normalized spacial score (nSPS) is 30.2. The molecule has 2 unspecified atom stereocenters. The maximum absolute atomic E-state index is 12.2. The molecular formula is C18H24BN3O4S. The zero-order valence-corrected chi connectivity index (χ0v) is 16.4. The van der Waals surface area contributed by atoms with Gasteiger partial charge >= 0.3 is 7.12 Å². The molecule has 2 N–H and O–H groups in total. The van der Waals surface area contributed by atoms with Crippen molar-refractivity contribution < 1.29 is 18.1 Å². The van der Waals surface area contributed by atoms with Gasteiger partial charge in [-0.3, -0.25) is 0 Å². The lowest BCUT2D eigenvalue weighted by Gasteiger charge is -2.63. The topological polar surface area (TPSA) is 95.5 Å². The number of pyridine rings is 1. The molecule has 1 saturated carbocycles. The van der Waals surface area contributed by atoms with Gasteiger partial charge in [-0.2, -0.15) is 0 Å². The van der Waals surface area contributed by atoms with Crippen LogP contribution in [0.3, 0.4) is 0 Å². The van der Waals surface area contributed by atoms with Crippen molar-refractivity contribution in [1.82, 2.24) is 14.3 Å². The number of aromatic amines is 1. The second-order valence-corrected chi connectivity index (χ2v) is 10.5. The summed E-state index contributed by atoms with van der Waals surface area (Å²) in [6.07, 6.45) is 6.07. The fraction of sp³-hybridized carbons (Fsp3) is 0.611. The largest absolute Gasteiger partial charge is 0.493 e. The summed E-state index contributed by atoms with van der Waals surface area (Å²) < 4.78 is 32.2. The van der Waals surface area contributed by atoms with E-state index in [4.69, 9.17) is 4.65 Å². The molecule has 0 aromatic carbocycles. The van der Waals surface area contributed by atoms with Crippen LogP contribution >= 0.6 is 0 Å². The molecule has 0 amide bonds. The van der Waals surface area contributed by atoms with Crippen LogP contribution in [0.15, 0.2) is 18.5 Å². The van der Waals surface area contributed by atoms with Crippen LogP contribution in [0.1, 0.15) is 38.7 Å². The van der Waals surface area contributed by atoms with E-state index < -0.39 is 22.7 Å². The molecule has 0 radical (unpaired) electrons. The first kappa shape index (κ1) is 17.7. The van der Waals surface area contributed by atoms with E-state index in [0.717, 1.165) is 41.3 Å². The molecule has 27 heavy (non-hydrogen) atoms. The Labute approximate surface area is 159 Å². The molecule has 7 nitrogen and oxygen atoms in total. The second kappa shape index (κ2) is 5.56. The number of sulfonamides is 1. The number of nitrogens with zero attached hydrogens (tertiary/aromatic N) is 2. The van der Waals surface area contributed by atoms with Gasteiger partial charge in [0.25, 0.3) is 0 Å². The molecule has 2 fully saturated rings. The second-order valence-electron chi connectivity index (χ2n) is 8.25. The average molecular weight is 389 g/mol. The lowest BCUT2D eigenvalue weighted by atomic mass is 9.47. The van der Waals surface area contributed by atoms with Crippen molar-refractivity contribution in [3.8, 4) is 0 Å². The molecule has 1 aliphatic carbocycles. The zero-order chi connectivity index (χ0) is 19.0. The van der Waals surface area contributed by atoms with Crippen molar-refractivity contribution in [1.29, 1.82) is 0 Å². The zero-order valence-electron chi connectivity index (χ0n) is 15.6. The van der Waals surface area contributed by atoms with Crippen LogP contribution in [0, 0.1) is 11.3 Å². The van der Waals surface area contributed by atoms with Gasteiger partial charge in [-0.15, -0.1) is 0 Å². The van der Waals surface area contributed by atoms with Crippen molar-refractivity contribution in [3.05, 3.63) is 24.0 Å². The Morgan fingerprint density at radius 2 is 2.19 bits per heavy atom. The average Bonchev–Trinajstić information content (AvgIpc) is 3.25. The quantitative estimate of drug-likeness (QED) is 0.746. The van der Waals surface area contributed by atoms with Crippen molar-refractivity contribution in [2.75, 3.05) is 18.8 Å². The maximum Gasteiger partial charge on any atom is 0.493 e. The van der Waals surface area contributed by atoms with Crippen LogP contribution in [-0.4, -0.2) is 53.7 Å². The smallest absolute Gasteiger partial charge is 0.423 e. The van der Waals surface area contributed by atoms with Gasteiger partial charge in [0.05, 0.1) is 11.4 Å². The highest BCUT2D eigenvalue weighted by atomic mass is 32.2. The van der Waals surface area contributed by atoms with Crippen LogP contribution in [0.4, 0.5) is 0 Å². The van der Waals surface area contributed by atoms with Gasteiger partial charge in [0.1, 0.15) is 5.65 Å². The molecule has 5 rings (SSSR count). The molecule has 4 heterocycles. The van der Waals surface area contributed by atoms with Gasteiger partial charge in [-0.25, -0.2) is 17.7 Å². The van der Waals surface area contributed by atoms with Crippen LogP contribution in [0.25, 0.3) is 11.0 Å². The number of hydrogen-bond donors (Lipinski definition) is 2. The van der Waals surface area contributed by atoms with E-state index in [0.29, 0.717) is 13.1 Å². The monoisotopic (exact) mass is 389 g/mol. The lowest BCUT2D eigenvalue weighted by molar-refractivity contribution is -0.192. The molecule has 2 aromatic rings. The highest BCUT2D eigenvalue weighted by molar-refractivity contribution is 7.89. The molecule has 2 atom stereocenters. The first-order chi connectivity index (χ1) is 12.8. The minimum absolute atomic E-state index is 0.0625. The standard InChI is InChI=1S/C18H24BN3O4S/c1-3-27(24,25)22-8-5-17(6-9-22)11-18(12(17)2)15-13-4-7-20-16(13)21-10-14(15)19(23)26-18/h4,7,10,12,23H,3,5-6,8-9,11H2,1-2H3,(H,20,21). The van der Waals surface area contributed by atoms with Crippen molar-refractivity contribution in [3.63, 3.8) is 0 Å². The third-order valence-electron chi connectivity index (χ3n) is 7.34. The van der Waals surface area contributed by atoms with Crippen molar-refractivity contribution in [2.24, 2.45) is 11.3 Å². The Morgan fingerprint density at radius 1 is 1.44 bits per heavy atom. The summed E-state index contributed by atoms with van der Waals surface area (Å²) in [5.41, 5.74) is 2.18. The summed E-state index contributed by atoms with van der Waals surface area (Å²) in [5.74, 6) is 0.355. The molecule has 2 aromatic heterocycles. The first-order valence-corrected chi connectivity index (χ1v) is 11.2. The van der Waals surface area contributed by atoms with Gasteiger partial charge in [0, 0.05) is 36.3 Å². The van der Waals surface area contributed by atoms with Gasteiger partial charge in [0.2, 0.25) is 10.0 Å². The number of hydrogen-bond acceptors (Lipinski definition) is 5. The fourth-order valence-electron chi connectivity index (χ4n) is 5.65. The third-order valence-corrected chi connectivity index (χ3v) is 9.22. The van der Waals surface area contributed by atoms with E-state index in [1.807, 2.05) is 12.3 Å². The van der Waals surface area contributed by atoms with E-state index in [1.54, 1.807) is 17.4 Å². The van der Waals surface area contributed by atoms with Crippen LogP contribution < -0.4 is 5.46 Å². The highest BCUT2D eigenvalue weighted by Crippen LogP contribution is 2.66. The summed E-state index contributed by atoms with van der Waals surface area (Å²) in [6, 6.07) is 2.00. The molecule has 9 heteroatoms. The van der Waals surface area contributed by atoms with E-state index >= 15 is 0 Å². The molecular weight excluding hydrogens is 365 g/mol. The minimum Gasteiger partial charge on any atom is -0.423 e. The predicted molar refractivity (Wildman–Crippen MR) is 103 cm³/mol. The Morgan fingerprint density at radius 3 is 2.85 bits per heavy atom. The molecule has 3 aliphatic rings. The Bertz CT molecular complexity index is 1010. The molecule has 2 spiro atoms. The minimum atomic E-state index is -3.13. The number of fused-ring (bicyclic) bond motifs is 4. The van der Waals surface area contributed by atoms with E-state index in [-0.39, 0.29) is 17.1 Å². The van der Waals surface area contributed by atoms with Crippen LogP contribution in [0.5, 0.6) is 0 Å². The third kappa shape index (κ3) is 2.20. The SMILES string of the molecule is CCS(=O)(=O)N1CCC2(CC1)CC1(OB(O)c3cnc4[nH]ccc4c31)C2C. The Balaban J connectivity index is 1.47. The van der Waals surface area contributed by atoms with Gasteiger partial charge in [0.15, 0.2) is 0 Å². The van der Waals surface area contributed by atoms with Crippen molar-refractivity contribution >= 4 is 33.6 Å². The van der Waals surface area contributed by atoms with Crippen LogP contribution in [0.2, 0.25) is 0 Å². The summed E-state index contributed by atoms with van der Waals surface area (Å²) >= 11 is 0. The lowest BCUT2D eigenvalue weighted by Crippen LogP contribution is -2.62. The number of nitrogens with one attached hydrogen (secondary N) is 1. The molecule has 144 valence electrons. The summed E-state index contributed by atoms with van der Waals surface area (Å²) in [6.45, 7) is 5.03. The van der Waals surface area contributed by atoms with Gasteiger partial charge < -0.3 is 14.7 Å². The van der Waals surface area contributed by atoms with Gasteiger partial charge in [-0.1, -0.05) is 6.92 Å². The maximum atomic E-state index is 12.2. The number of H-pyrrole nitrogens is 1. The van der Waals surface area contributed by atoms with E-state index in [2.05, 4.69) is 16.9 Å². The summed E-state index contributed by atoms with van der Waals surface area (Å²) in [4.78, 5) is 7.54. The van der Waals surface area contributed by atoms with Crippen LogP contribution in [-0.2, 0) is 20.3 Å².